The third-order valence-corrected chi connectivity index (χ3v) is 7.85. The number of carbonyl (C=O) groups excluding carboxylic acids is 4. The van der Waals surface area contributed by atoms with Crippen LogP contribution in [0.3, 0.4) is 0 Å². The van der Waals surface area contributed by atoms with Crippen molar-refractivity contribution in [2.45, 2.75) is 181 Å². The molecule has 7 heteroatoms. The monoisotopic (exact) mass is 594 g/mol. The van der Waals surface area contributed by atoms with Crippen LogP contribution in [-0.2, 0) is 23.9 Å². The highest BCUT2D eigenvalue weighted by atomic mass is 16.5. The lowest BCUT2D eigenvalue weighted by molar-refractivity contribution is -0.139. The van der Waals surface area contributed by atoms with Gasteiger partial charge in [-0.15, -0.1) is 0 Å². The van der Waals surface area contributed by atoms with Crippen molar-refractivity contribution in [2.75, 3.05) is 19.7 Å². The Kier molecular flexibility index (Phi) is 29.4. The number of hydrogen-bond donors (Lipinski definition) is 2. The lowest BCUT2D eigenvalue weighted by Gasteiger charge is -2.19. The van der Waals surface area contributed by atoms with Crippen molar-refractivity contribution in [3.8, 4) is 0 Å². The molecule has 0 aromatic heterocycles. The second-order valence-electron chi connectivity index (χ2n) is 12.0. The molecule has 246 valence electrons. The summed E-state index contributed by atoms with van der Waals surface area (Å²) in [5, 5.41) is 5.40. The number of ketones is 2. The van der Waals surface area contributed by atoms with Gasteiger partial charge in [0.15, 0.2) is 0 Å². The molecule has 0 bridgehead atoms. The van der Waals surface area contributed by atoms with E-state index in [-0.39, 0.29) is 25.9 Å². The molecular formula is C35H66N2O5. The Bertz CT molecular complexity index is 636. The molecule has 0 radical (unpaired) electrons. The summed E-state index contributed by atoms with van der Waals surface area (Å²) >= 11 is 0. The SMILES string of the molecule is CCCCCCCCCCOC(CNC(=O)C(=O)CCCCCCCCC)CNC(=O)C(=O)CCCCCCCCC. The van der Waals surface area contributed by atoms with Crippen LogP contribution in [0.15, 0.2) is 0 Å². The van der Waals surface area contributed by atoms with Crippen LogP contribution in [0.4, 0.5) is 0 Å². The Morgan fingerprint density at radius 1 is 0.452 bits per heavy atom. The molecule has 0 rings (SSSR count). The van der Waals surface area contributed by atoms with Crippen LogP contribution in [0, 0.1) is 0 Å². The largest absolute Gasteiger partial charge is 0.375 e. The Balaban J connectivity index is 4.47. The number of Topliss-reactive ketones (excluding diaryl/α,β-unsaturated/α-hetero) is 2. The second kappa shape index (κ2) is 30.7. The lowest BCUT2D eigenvalue weighted by atomic mass is 10.1. The molecule has 0 heterocycles. The van der Waals surface area contributed by atoms with Gasteiger partial charge in [0.25, 0.3) is 11.8 Å². The molecule has 0 saturated heterocycles. The summed E-state index contributed by atoms with van der Waals surface area (Å²) in [6.45, 7) is 7.38. The van der Waals surface area contributed by atoms with E-state index >= 15 is 0 Å². The summed E-state index contributed by atoms with van der Waals surface area (Å²) in [6, 6.07) is 0. The van der Waals surface area contributed by atoms with Gasteiger partial charge in [0, 0.05) is 32.5 Å². The molecule has 0 spiro atoms. The number of hydrogen-bond acceptors (Lipinski definition) is 5. The van der Waals surface area contributed by atoms with Gasteiger partial charge in [-0.2, -0.15) is 0 Å². The molecule has 0 unspecified atom stereocenters. The highest BCUT2D eigenvalue weighted by Crippen LogP contribution is 2.11. The number of carbonyl (C=O) groups is 4. The van der Waals surface area contributed by atoms with Crippen LogP contribution in [0.1, 0.15) is 175 Å². The van der Waals surface area contributed by atoms with Gasteiger partial charge in [-0.3, -0.25) is 19.2 Å². The molecular weight excluding hydrogens is 528 g/mol. The maximum Gasteiger partial charge on any atom is 0.287 e. The van der Waals surface area contributed by atoms with E-state index in [4.69, 9.17) is 4.74 Å². The van der Waals surface area contributed by atoms with E-state index in [1.807, 2.05) is 0 Å². The van der Waals surface area contributed by atoms with Crippen LogP contribution in [0.25, 0.3) is 0 Å². The van der Waals surface area contributed by atoms with Crippen LogP contribution in [-0.4, -0.2) is 49.2 Å². The summed E-state index contributed by atoms with van der Waals surface area (Å²) in [5.74, 6) is -2.00. The van der Waals surface area contributed by atoms with E-state index in [2.05, 4.69) is 31.4 Å². The van der Waals surface area contributed by atoms with Crippen LogP contribution in [0.2, 0.25) is 0 Å². The van der Waals surface area contributed by atoms with Gasteiger partial charge >= 0.3 is 0 Å². The predicted molar refractivity (Wildman–Crippen MR) is 174 cm³/mol. The van der Waals surface area contributed by atoms with E-state index in [1.54, 1.807) is 0 Å². The minimum atomic E-state index is -0.594. The van der Waals surface area contributed by atoms with E-state index < -0.39 is 29.5 Å². The Hall–Kier alpha value is -1.76. The van der Waals surface area contributed by atoms with Crippen molar-refractivity contribution in [3.05, 3.63) is 0 Å². The molecule has 0 aromatic rings. The molecule has 0 aliphatic rings. The molecule has 0 atom stereocenters. The molecule has 0 saturated carbocycles. The Labute approximate surface area is 258 Å². The number of nitrogens with one attached hydrogen (secondary N) is 2. The van der Waals surface area contributed by atoms with Gasteiger partial charge in [0.2, 0.25) is 11.6 Å². The zero-order valence-corrected chi connectivity index (χ0v) is 27.7. The molecule has 2 amide bonds. The third kappa shape index (κ3) is 25.9. The summed E-state index contributed by atoms with van der Waals surface area (Å²) in [6.07, 6.45) is 24.8. The fourth-order valence-corrected chi connectivity index (χ4v) is 5.00. The number of ether oxygens (including phenoxy) is 1. The highest BCUT2D eigenvalue weighted by Gasteiger charge is 2.19. The smallest absolute Gasteiger partial charge is 0.287 e. The van der Waals surface area contributed by atoms with Crippen molar-refractivity contribution < 1.29 is 23.9 Å². The van der Waals surface area contributed by atoms with Crippen molar-refractivity contribution in [1.82, 2.24) is 10.6 Å². The fourth-order valence-electron chi connectivity index (χ4n) is 5.00. The maximum absolute atomic E-state index is 12.4. The average Bonchev–Trinajstić information content (AvgIpc) is 2.99. The highest BCUT2D eigenvalue weighted by molar-refractivity contribution is 6.36. The maximum atomic E-state index is 12.4. The Morgan fingerprint density at radius 3 is 1.12 bits per heavy atom. The van der Waals surface area contributed by atoms with Crippen molar-refractivity contribution >= 4 is 23.4 Å². The summed E-state index contributed by atoms with van der Waals surface area (Å²) in [4.78, 5) is 49.4. The number of unbranched alkanes of at least 4 members (excludes halogenated alkanes) is 19. The van der Waals surface area contributed by atoms with Gasteiger partial charge in [-0.1, -0.05) is 143 Å². The summed E-state index contributed by atoms with van der Waals surface area (Å²) < 4.78 is 5.99. The van der Waals surface area contributed by atoms with Crippen molar-refractivity contribution in [3.63, 3.8) is 0 Å². The van der Waals surface area contributed by atoms with E-state index in [0.717, 1.165) is 51.4 Å². The summed E-state index contributed by atoms with van der Waals surface area (Å²) in [7, 11) is 0. The van der Waals surface area contributed by atoms with Gasteiger partial charge in [0.05, 0.1) is 6.10 Å². The Morgan fingerprint density at radius 2 is 0.762 bits per heavy atom. The first-order chi connectivity index (χ1) is 20.5. The zero-order chi connectivity index (χ0) is 31.1. The minimum absolute atomic E-state index is 0.130. The second-order valence-corrected chi connectivity index (χ2v) is 12.0. The lowest BCUT2D eigenvalue weighted by Crippen LogP contribution is -2.44. The van der Waals surface area contributed by atoms with E-state index in [0.29, 0.717) is 6.61 Å². The van der Waals surface area contributed by atoms with Gasteiger partial charge in [-0.05, 0) is 19.3 Å². The molecule has 0 fully saturated rings. The fraction of sp³-hybridized carbons (Fsp3) is 0.886. The van der Waals surface area contributed by atoms with Crippen molar-refractivity contribution in [2.24, 2.45) is 0 Å². The topological polar surface area (TPSA) is 102 Å². The first-order valence-electron chi connectivity index (χ1n) is 17.7. The van der Waals surface area contributed by atoms with Gasteiger partial charge in [0.1, 0.15) is 0 Å². The van der Waals surface area contributed by atoms with Crippen LogP contribution >= 0.6 is 0 Å². The summed E-state index contributed by atoms with van der Waals surface area (Å²) in [5.41, 5.74) is 0. The first kappa shape index (κ1) is 40.2. The number of amides is 2. The number of rotatable bonds is 32. The van der Waals surface area contributed by atoms with Gasteiger partial charge in [-0.25, -0.2) is 0 Å². The molecule has 42 heavy (non-hydrogen) atoms. The van der Waals surface area contributed by atoms with Gasteiger partial charge < -0.3 is 15.4 Å². The van der Waals surface area contributed by atoms with E-state index in [9.17, 15) is 19.2 Å². The first-order valence-corrected chi connectivity index (χ1v) is 17.7. The zero-order valence-electron chi connectivity index (χ0n) is 27.7. The minimum Gasteiger partial charge on any atom is -0.375 e. The van der Waals surface area contributed by atoms with E-state index in [1.165, 1.54) is 89.9 Å². The quantitative estimate of drug-likeness (QED) is 0.0604. The van der Waals surface area contributed by atoms with Crippen LogP contribution < -0.4 is 10.6 Å². The molecule has 0 aromatic carbocycles. The normalized spacial score (nSPS) is 11.1. The predicted octanol–water partition coefficient (Wildman–Crippen LogP) is 8.16. The standard InChI is InChI=1S/C35H66N2O5/c1-4-7-10-13-16-19-22-25-28-42-31(29-36-34(40)32(38)26-23-20-17-14-11-8-5-2)30-37-35(41)33(39)27-24-21-18-15-12-9-6-3/h31H,4-30H2,1-3H3,(H,36,40)(H,37,41). The third-order valence-electron chi connectivity index (χ3n) is 7.85. The average molecular weight is 595 g/mol. The van der Waals surface area contributed by atoms with Crippen LogP contribution in [0.5, 0.6) is 0 Å². The van der Waals surface area contributed by atoms with Crippen molar-refractivity contribution in [1.29, 1.82) is 0 Å². The molecule has 0 aliphatic heterocycles. The molecule has 2 N–H and O–H groups in total. The molecule has 7 nitrogen and oxygen atoms in total. The molecule has 0 aliphatic carbocycles.